The number of benzene rings is 1. The van der Waals surface area contributed by atoms with Crippen LogP contribution in [0.15, 0.2) is 22.7 Å². The lowest BCUT2D eigenvalue weighted by Gasteiger charge is -2.24. The number of carbonyl (C=O) groups is 1. The number of para-hydroxylation sites is 1. The van der Waals surface area contributed by atoms with Gasteiger partial charge in [-0.25, -0.2) is 9.48 Å². The van der Waals surface area contributed by atoms with E-state index in [1.54, 1.807) is 4.90 Å². The van der Waals surface area contributed by atoms with Gasteiger partial charge >= 0.3 is 6.09 Å². The first-order chi connectivity index (χ1) is 10.3. The maximum absolute atomic E-state index is 12.2. The number of likely N-dealkylation sites (tertiary alicyclic amines) is 1. The Kier molecular flexibility index (Phi) is 3.84. The second-order valence-corrected chi connectivity index (χ2v) is 7.36. The monoisotopic (exact) mass is 366 g/mol. The summed E-state index contributed by atoms with van der Waals surface area (Å²) >= 11 is 3.55. The lowest BCUT2D eigenvalue weighted by atomic mass is 10.2. The molecule has 3 rings (SSSR count). The lowest BCUT2D eigenvalue weighted by Crippen LogP contribution is -2.35. The van der Waals surface area contributed by atoms with Gasteiger partial charge in [0.2, 0.25) is 0 Å². The van der Waals surface area contributed by atoms with Gasteiger partial charge in [0.05, 0.1) is 6.04 Å². The highest BCUT2D eigenvalue weighted by Crippen LogP contribution is 2.29. The number of hydrogen-bond acceptors (Lipinski definition) is 4. The number of rotatable bonds is 1. The molecule has 1 saturated heterocycles. The molecule has 1 fully saturated rings. The summed E-state index contributed by atoms with van der Waals surface area (Å²) in [5.41, 5.74) is 1.35. The Morgan fingerprint density at radius 2 is 2.18 bits per heavy atom. The van der Waals surface area contributed by atoms with Gasteiger partial charge in [0.25, 0.3) is 0 Å². The van der Waals surface area contributed by atoms with Gasteiger partial charge in [-0.15, -0.1) is 5.10 Å². The molecule has 1 amide bonds. The standard InChI is InChI=1S/C15H19BrN4O2/c1-15(2,3)22-14(21)19-8-7-10(9-19)20-13-11(16)5-4-6-12(13)17-18-20/h4-6,10H,7-9H2,1-3H3. The van der Waals surface area contributed by atoms with Crippen LogP contribution in [0.2, 0.25) is 0 Å². The van der Waals surface area contributed by atoms with Gasteiger partial charge in [-0.05, 0) is 55.3 Å². The molecule has 7 heteroatoms. The maximum Gasteiger partial charge on any atom is 0.410 e. The van der Waals surface area contributed by atoms with Crippen LogP contribution >= 0.6 is 15.9 Å². The van der Waals surface area contributed by atoms with Crippen LogP contribution in [0.4, 0.5) is 4.79 Å². The Morgan fingerprint density at radius 1 is 1.41 bits per heavy atom. The Hall–Kier alpha value is -1.63. The summed E-state index contributed by atoms with van der Waals surface area (Å²) in [6.45, 7) is 6.89. The average molecular weight is 367 g/mol. The minimum absolute atomic E-state index is 0.121. The Labute approximate surface area is 137 Å². The van der Waals surface area contributed by atoms with Gasteiger partial charge in [0, 0.05) is 17.6 Å². The van der Waals surface area contributed by atoms with Crippen LogP contribution in [0.25, 0.3) is 11.0 Å². The van der Waals surface area contributed by atoms with E-state index < -0.39 is 5.60 Å². The van der Waals surface area contributed by atoms with E-state index >= 15 is 0 Å². The van der Waals surface area contributed by atoms with Gasteiger partial charge in [0.1, 0.15) is 16.6 Å². The van der Waals surface area contributed by atoms with E-state index in [9.17, 15) is 4.79 Å². The normalized spacial score (nSPS) is 18.9. The fourth-order valence-electron chi connectivity index (χ4n) is 2.64. The largest absolute Gasteiger partial charge is 0.444 e. The SMILES string of the molecule is CC(C)(C)OC(=O)N1CCC(n2nnc3cccc(Br)c32)C1. The zero-order chi connectivity index (χ0) is 15.9. The van der Waals surface area contributed by atoms with Crippen LogP contribution in [-0.2, 0) is 4.74 Å². The molecule has 0 aliphatic carbocycles. The topological polar surface area (TPSA) is 60.2 Å². The second kappa shape index (κ2) is 5.53. The Balaban J connectivity index is 1.79. The van der Waals surface area contributed by atoms with E-state index in [-0.39, 0.29) is 12.1 Å². The molecule has 118 valence electrons. The van der Waals surface area contributed by atoms with Gasteiger partial charge in [-0.3, -0.25) is 0 Å². The summed E-state index contributed by atoms with van der Waals surface area (Å²) in [6.07, 6.45) is 0.581. The lowest BCUT2D eigenvalue weighted by molar-refractivity contribution is 0.0288. The smallest absolute Gasteiger partial charge is 0.410 e. The molecule has 6 nitrogen and oxygen atoms in total. The minimum Gasteiger partial charge on any atom is -0.444 e. The van der Waals surface area contributed by atoms with Crippen molar-refractivity contribution in [2.24, 2.45) is 0 Å². The molecule has 1 atom stereocenters. The number of carbonyl (C=O) groups excluding carboxylic acids is 1. The first kappa shape index (κ1) is 15.3. The van der Waals surface area contributed by atoms with E-state index in [0.717, 1.165) is 21.9 Å². The maximum atomic E-state index is 12.2. The van der Waals surface area contributed by atoms with Gasteiger partial charge in [-0.1, -0.05) is 11.3 Å². The highest BCUT2D eigenvalue weighted by Gasteiger charge is 2.32. The fourth-order valence-corrected chi connectivity index (χ4v) is 3.18. The summed E-state index contributed by atoms with van der Waals surface area (Å²) < 4.78 is 8.30. The quantitative estimate of drug-likeness (QED) is 0.775. The summed E-state index contributed by atoms with van der Waals surface area (Å²) in [7, 11) is 0. The Bertz CT molecular complexity index is 707. The number of amides is 1. The molecule has 0 saturated carbocycles. The average Bonchev–Trinajstić information content (AvgIpc) is 3.03. The van der Waals surface area contributed by atoms with Crippen molar-refractivity contribution >= 4 is 33.1 Å². The summed E-state index contributed by atoms with van der Waals surface area (Å²) in [5, 5.41) is 8.47. The molecule has 0 bridgehead atoms. The molecule has 2 aromatic rings. The predicted molar refractivity (Wildman–Crippen MR) is 86.7 cm³/mol. The molecule has 0 N–H and O–H groups in total. The Morgan fingerprint density at radius 3 is 2.91 bits per heavy atom. The third kappa shape index (κ3) is 2.95. The van der Waals surface area contributed by atoms with E-state index in [1.165, 1.54) is 0 Å². The van der Waals surface area contributed by atoms with Crippen LogP contribution in [0.3, 0.4) is 0 Å². The minimum atomic E-state index is -0.474. The summed E-state index contributed by atoms with van der Waals surface area (Å²) in [4.78, 5) is 13.9. The molecule has 1 aromatic heterocycles. The van der Waals surface area contributed by atoms with Crippen molar-refractivity contribution in [3.8, 4) is 0 Å². The molecule has 2 heterocycles. The molecule has 1 aliphatic rings. The zero-order valence-electron chi connectivity index (χ0n) is 12.9. The number of nitrogens with zero attached hydrogens (tertiary/aromatic N) is 4. The molecule has 1 aliphatic heterocycles. The summed E-state index contributed by atoms with van der Waals surface area (Å²) in [6, 6.07) is 5.97. The van der Waals surface area contributed by atoms with Gasteiger partial charge < -0.3 is 9.64 Å². The van der Waals surface area contributed by atoms with Gasteiger partial charge in [0.15, 0.2) is 0 Å². The highest BCUT2D eigenvalue weighted by atomic mass is 79.9. The number of ether oxygens (including phenoxy) is 1. The van der Waals surface area contributed by atoms with Crippen LogP contribution < -0.4 is 0 Å². The van der Waals surface area contributed by atoms with Crippen molar-refractivity contribution in [3.63, 3.8) is 0 Å². The number of halogens is 1. The van der Waals surface area contributed by atoms with Gasteiger partial charge in [-0.2, -0.15) is 0 Å². The van der Waals surface area contributed by atoms with Crippen molar-refractivity contribution in [2.75, 3.05) is 13.1 Å². The molecular weight excluding hydrogens is 348 g/mol. The fraction of sp³-hybridized carbons (Fsp3) is 0.533. The van der Waals surface area contributed by atoms with Crippen LogP contribution in [0.5, 0.6) is 0 Å². The first-order valence-electron chi connectivity index (χ1n) is 7.32. The van der Waals surface area contributed by atoms with Crippen LogP contribution in [0.1, 0.15) is 33.2 Å². The predicted octanol–water partition coefficient (Wildman–Crippen LogP) is 3.38. The zero-order valence-corrected chi connectivity index (χ0v) is 14.5. The molecule has 0 spiro atoms. The van der Waals surface area contributed by atoms with Crippen molar-refractivity contribution in [1.82, 2.24) is 19.9 Å². The molecular formula is C15H19BrN4O2. The van der Waals surface area contributed by atoms with Crippen molar-refractivity contribution in [3.05, 3.63) is 22.7 Å². The number of aromatic nitrogens is 3. The molecule has 1 aromatic carbocycles. The first-order valence-corrected chi connectivity index (χ1v) is 8.12. The number of fused-ring (bicyclic) bond motifs is 1. The molecule has 0 radical (unpaired) electrons. The highest BCUT2D eigenvalue weighted by molar-refractivity contribution is 9.10. The molecule has 22 heavy (non-hydrogen) atoms. The van der Waals surface area contributed by atoms with E-state index in [4.69, 9.17) is 4.74 Å². The van der Waals surface area contributed by atoms with Crippen LogP contribution in [0, 0.1) is 0 Å². The van der Waals surface area contributed by atoms with E-state index in [0.29, 0.717) is 13.1 Å². The van der Waals surface area contributed by atoms with Crippen molar-refractivity contribution < 1.29 is 9.53 Å². The third-order valence-electron chi connectivity index (χ3n) is 3.60. The van der Waals surface area contributed by atoms with Crippen LogP contribution in [-0.4, -0.2) is 44.7 Å². The van der Waals surface area contributed by atoms with E-state index in [1.807, 2.05) is 43.7 Å². The van der Waals surface area contributed by atoms with Crippen molar-refractivity contribution in [2.45, 2.75) is 38.8 Å². The molecule has 1 unspecified atom stereocenters. The second-order valence-electron chi connectivity index (χ2n) is 6.51. The summed E-state index contributed by atoms with van der Waals surface area (Å²) in [5.74, 6) is 0. The number of hydrogen-bond donors (Lipinski definition) is 0. The third-order valence-corrected chi connectivity index (χ3v) is 4.24. The van der Waals surface area contributed by atoms with Crippen molar-refractivity contribution in [1.29, 1.82) is 0 Å². The van der Waals surface area contributed by atoms with E-state index in [2.05, 4.69) is 26.2 Å².